The van der Waals surface area contributed by atoms with Crippen LogP contribution in [0.4, 0.5) is 10.1 Å². The zero-order valence-electron chi connectivity index (χ0n) is 10.5. The Labute approximate surface area is 110 Å². The first-order chi connectivity index (χ1) is 9.06. The lowest BCUT2D eigenvalue weighted by atomic mass is 10.2. The molecule has 2 N–H and O–H groups in total. The predicted octanol–water partition coefficient (Wildman–Crippen LogP) is 2.08. The van der Waals surface area contributed by atoms with Crippen molar-refractivity contribution in [2.45, 2.75) is 6.54 Å². The van der Waals surface area contributed by atoms with E-state index in [4.69, 9.17) is 5.73 Å². The van der Waals surface area contributed by atoms with E-state index in [1.807, 2.05) is 12.1 Å². The Hall–Kier alpha value is -2.43. The third kappa shape index (κ3) is 3.28. The minimum atomic E-state index is -0.525. The average molecular weight is 259 g/mol. The summed E-state index contributed by atoms with van der Waals surface area (Å²) in [4.78, 5) is 17.2. The Morgan fingerprint density at radius 2 is 2.16 bits per heavy atom. The second-order valence-electron chi connectivity index (χ2n) is 4.30. The van der Waals surface area contributed by atoms with Gasteiger partial charge in [-0.15, -0.1) is 0 Å². The molecule has 0 spiro atoms. The van der Waals surface area contributed by atoms with Crippen LogP contribution < -0.4 is 5.73 Å². The Morgan fingerprint density at radius 3 is 2.84 bits per heavy atom. The number of halogens is 1. The second-order valence-corrected chi connectivity index (χ2v) is 4.30. The molecule has 0 atom stereocenters. The number of aromatic nitrogens is 1. The maximum absolute atomic E-state index is 13.0. The molecular weight excluding hydrogens is 245 g/mol. The first kappa shape index (κ1) is 13.0. The molecule has 0 saturated heterocycles. The van der Waals surface area contributed by atoms with E-state index in [2.05, 4.69) is 4.98 Å². The van der Waals surface area contributed by atoms with Crippen LogP contribution in [0.25, 0.3) is 0 Å². The van der Waals surface area contributed by atoms with E-state index >= 15 is 0 Å². The Bertz CT molecular complexity index is 601. The number of nitrogens with zero attached hydrogens (tertiary/aromatic N) is 2. The van der Waals surface area contributed by atoms with E-state index in [9.17, 15) is 9.18 Å². The van der Waals surface area contributed by atoms with Gasteiger partial charge in [0.2, 0.25) is 0 Å². The molecule has 19 heavy (non-hydrogen) atoms. The van der Waals surface area contributed by atoms with Crippen LogP contribution in [0.2, 0.25) is 0 Å². The van der Waals surface area contributed by atoms with Gasteiger partial charge in [-0.3, -0.25) is 9.78 Å². The van der Waals surface area contributed by atoms with E-state index in [0.717, 1.165) is 11.8 Å². The summed E-state index contributed by atoms with van der Waals surface area (Å²) in [5.41, 5.74) is 7.47. The van der Waals surface area contributed by atoms with Gasteiger partial charge in [-0.05, 0) is 23.8 Å². The van der Waals surface area contributed by atoms with Crippen molar-refractivity contribution in [2.24, 2.45) is 0 Å². The lowest BCUT2D eigenvalue weighted by molar-refractivity contribution is 0.0784. The van der Waals surface area contributed by atoms with E-state index in [0.29, 0.717) is 12.2 Å². The third-order valence-electron chi connectivity index (χ3n) is 2.67. The second kappa shape index (κ2) is 5.48. The summed E-state index contributed by atoms with van der Waals surface area (Å²) in [7, 11) is 1.65. The molecule has 1 heterocycles. The highest BCUT2D eigenvalue weighted by molar-refractivity contribution is 5.93. The van der Waals surface area contributed by atoms with Crippen molar-refractivity contribution in [3.8, 4) is 0 Å². The number of carbonyl (C=O) groups excluding carboxylic acids is 1. The summed E-state index contributed by atoms with van der Waals surface area (Å²) in [6.07, 6.45) is 2.41. The fourth-order valence-electron chi connectivity index (χ4n) is 1.79. The first-order valence-electron chi connectivity index (χ1n) is 5.76. The highest BCUT2D eigenvalue weighted by Gasteiger charge is 2.13. The van der Waals surface area contributed by atoms with Gasteiger partial charge in [0, 0.05) is 25.5 Å². The van der Waals surface area contributed by atoms with Gasteiger partial charge in [-0.25, -0.2) is 4.39 Å². The van der Waals surface area contributed by atoms with Crippen LogP contribution in [0, 0.1) is 5.82 Å². The summed E-state index contributed by atoms with van der Waals surface area (Å²) in [6, 6.07) is 8.46. The van der Waals surface area contributed by atoms with Crippen molar-refractivity contribution in [1.82, 2.24) is 9.88 Å². The molecule has 0 bridgehead atoms. The van der Waals surface area contributed by atoms with Crippen LogP contribution in [0.3, 0.4) is 0 Å². The molecule has 1 amide bonds. The summed E-state index contributed by atoms with van der Waals surface area (Å²) in [6.45, 7) is 0.403. The zero-order chi connectivity index (χ0) is 13.8. The predicted molar refractivity (Wildman–Crippen MR) is 70.8 cm³/mol. The number of rotatable bonds is 3. The number of hydrogen-bond acceptors (Lipinski definition) is 3. The van der Waals surface area contributed by atoms with Gasteiger partial charge in [0.25, 0.3) is 5.91 Å². The molecule has 4 nitrogen and oxygen atoms in total. The van der Waals surface area contributed by atoms with Gasteiger partial charge in [0.05, 0.1) is 11.8 Å². The van der Waals surface area contributed by atoms with Crippen molar-refractivity contribution >= 4 is 11.6 Å². The fourth-order valence-corrected chi connectivity index (χ4v) is 1.79. The molecule has 0 radical (unpaired) electrons. The number of anilines is 1. The summed E-state index contributed by atoms with van der Waals surface area (Å²) in [5, 5.41) is 0. The maximum Gasteiger partial charge on any atom is 0.255 e. The van der Waals surface area contributed by atoms with Crippen molar-refractivity contribution in [3.63, 3.8) is 0 Å². The molecule has 98 valence electrons. The number of pyridine rings is 1. The topological polar surface area (TPSA) is 59.2 Å². The monoisotopic (exact) mass is 259 g/mol. The molecule has 1 aromatic carbocycles. The molecule has 0 aliphatic rings. The van der Waals surface area contributed by atoms with E-state index in [1.54, 1.807) is 19.2 Å². The third-order valence-corrected chi connectivity index (χ3v) is 2.67. The highest BCUT2D eigenvalue weighted by Crippen LogP contribution is 2.11. The Kier molecular flexibility index (Phi) is 3.75. The van der Waals surface area contributed by atoms with Gasteiger partial charge < -0.3 is 10.6 Å². The zero-order valence-corrected chi connectivity index (χ0v) is 10.5. The number of hydrogen-bond donors (Lipinski definition) is 1. The standard InChI is InChI=1S/C14H14FN3O/c1-18(9-10-3-2-4-13(16)5-10)14(19)11-6-12(15)8-17-7-11/h2-8H,9,16H2,1H3. The summed E-state index contributed by atoms with van der Waals surface area (Å²) >= 11 is 0. The molecule has 0 fully saturated rings. The molecule has 0 unspecified atom stereocenters. The minimum Gasteiger partial charge on any atom is -0.399 e. The summed E-state index contributed by atoms with van der Waals surface area (Å²) in [5.74, 6) is -0.808. The molecule has 0 saturated carbocycles. The number of amides is 1. The molecule has 0 aliphatic carbocycles. The van der Waals surface area contributed by atoms with Gasteiger partial charge >= 0.3 is 0 Å². The lowest BCUT2D eigenvalue weighted by Crippen LogP contribution is -2.26. The number of nitrogen functional groups attached to an aromatic ring is 1. The minimum absolute atomic E-state index is 0.228. The molecule has 2 rings (SSSR count). The van der Waals surface area contributed by atoms with Gasteiger partial charge in [-0.2, -0.15) is 0 Å². The molecule has 1 aromatic heterocycles. The fraction of sp³-hybridized carbons (Fsp3) is 0.143. The highest BCUT2D eigenvalue weighted by atomic mass is 19.1. The van der Waals surface area contributed by atoms with Crippen LogP contribution >= 0.6 is 0 Å². The SMILES string of the molecule is CN(Cc1cccc(N)c1)C(=O)c1cncc(F)c1. The first-order valence-corrected chi connectivity index (χ1v) is 5.76. The van der Waals surface area contributed by atoms with Crippen LogP contribution in [0.5, 0.6) is 0 Å². The molecular formula is C14H14FN3O. The molecule has 5 heteroatoms. The van der Waals surface area contributed by atoms with Crippen LogP contribution in [0.1, 0.15) is 15.9 Å². The lowest BCUT2D eigenvalue weighted by Gasteiger charge is -2.17. The number of nitrogens with two attached hydrogens (primary N) is 1. The van der Waals surface area contributed by atoms with Crippen molar-refractivity contribution < 1.29 is 9.18 Å². The smallest absolute Gasteiger partial charge is 0.255 e. The van der Waals surface area contributed by atoms with Crippen molar-refractivity contribution in [2.75, 3.05) is 12.8 Å². The van der Waals surface area contributed by atoms with Crippen molar-refractivity contribution in [3.05, 3.63) is 59.7 Å². The number of carbonyl (C=O) groups is 1. The van der Waals surface area contributed by atoms with Crippen LogP contribution in [-0.4, -0.2) is 22.8 Å². The van der Waals surface area contributed by atoms with E-state index in [1.165, 1.54) is 17.2 Å². The average Bonchev–Trinajstić information content (AvgIpc) is 2.38. The van der Waals surface area contributed by atoms with Crippen LogP contribution in [-0.2, 0) is 6.54 Å². The van der Waals surface area contributed by atoms with Gasteiger partial charge in [0.15, 0.2) is 0 Å². The maximum atomic E-state index is 13.0. The van der Waals surface area contributed by atoms with Crippen LogP contribution in [0.15, 0.2) is 42.7 Å². The molecule has 0 aliphatic heterocycles. The number of benzene rings is 1. The van der Waals surface area contributed by atoms with Gasteiger partial charge in [-0.1, -0.05) is 12.1 Å². The quantitative estimate of drug-likeness (QED) is 0.858. The normalized spacial score (nSPS) is 10.2. The van der Waals surface area contributed by atoms with E-state index < -0.39 is 5.82 Å². The Morgan fingerprint density at radius 1 is 1.37 bits per heavy atom. The van der Waals surface area contributed by atoms with E-state index in [-0.39, 0.29) is 11.5 Å². The van der Waals surface area contributed by atoms with Crippen molar-refractivity contribution in [1.29, 1.82) is 0 Å². The Balaban J connectivity index is 2.12. The molecule has 2 aromatic rings. The largest absolute Gasteiger partial charge is 0.399 e. The van der Waals surface area contributed by atoms with Gasteiger partial charge in [0.1, 0.15) is 5.82 Å². The summed E-state index contributed by atoms with van der Waals surface area (Å²) < 4.78 is 13.0.